The lowest BCUT2D eigenvalue weighted by Gasteiger charge is -2.27. The van der Waals surface area contributed by atoms with Gasteiger partial charge in [-0.2, -0.15) is 0 Å². The Hall–Kier alpha value is -8.00. The van der Waals surface area contributed by atoms with Crippen LogP contribution in [0.15, 0.2) is 249 Å². The van der Waals surface area contributed by atoms with Gasteiger partial charge in [0.05, 0.1) is 11.0 Å². The molecule has 0 radical (unpaired) electrons. The van der Waals surface area contributed by atoms with Crippen molar-refractivity contribution in [2.75, 3.05) is 4.90 Å². The van der Waals surface area contributed by atoms with E-state index < -0.39 is 12.1 Å². The van der Waals surface area contributed by atoms with Crippen molar-refractivity contribution in [3.05, 3.63) is 249 Å². The molecule has 0 unspecified atom stereocenters. The van der Waals surface area contributed by atoms with Crippen LogP contribution in [-0.4, -0.2) is 0 Å². The van der Waals surface area contributed by atoms with Crippen LogP contribution in [0.4, 0.5) is 17.1 Å². The number of anilines is 3. The van der Waals surface area contributed by atoms with Gasteiger partial charge in [-0.1, -0.05) is 212 Å². The third kappa shape index (κ3) is 6.83. The Bertz CT molecular complexity index is 3780. The highest BCUT2D eigenvalue weighted by atomic mass is 15.1. The molecule has 0 atom stereocenters. The van der Waals surface area contributed by atoms with E-state index in [-0.39, 0.29) is 58.8 Å². The van der Waals surface area contributed by atoms with Gasteiger partial charge in [0, 0.05) is 17.1 Å². The molecule has 0 aliphatic rings. The minimum Gasteiger partial charge on any atom is -0.310 e. The summed E-state index contributed by atoms with van der Waals surface area (Å²) in [6, 6.07) is 62.1. The third-order valence-electron chi connectivity index (χ3n) is 11.4. The van der Waals surface area contributed by atoms with Gasteiger partial charge in [-0.05, 0) is 124 Å². The Kier molecular flexibility index (Phi) is 7.29. The Morgan fingerprint density at radius 2 is 0.803 bits per heavy atom. The lowest BCUT2D eigenvalue weighted by Crippen LogP contribution is -2.10. The van der Waals surface area contributed by atoms with Gasteiger partial charge in [0.15, 0.2) is 0 Å². The highest BCUT2D eigenvalue weighted by molar-refractivity contribution is 6.04. The molecular weight excluding hydrogens is 735 g/mol. The summed E-state index contributed by atoms with van der Waals surface area (Å²) in [7, 11) is 0. The molecule has 0 N–H and O–H groups in total. The van der Waals surface area contributed by atoms with Gasteiger partial charge in [0.2, 0.25) is 0 Å². The van der Waals surface area contributed by atoms with Crippen molar-refractivity contribution in [3.63, 3.8) is 0 Å². The largest absolute Gasteiger partial charge is 0.310 e. The predicted molar refractivity (Wildman–Crippen MR) is 261 cm³/mol. The quantitative estimate of drug-likeness (QED) is 0.148. The second-order valence-electron chi connectivity index (χ2n) is 15.0. The molecule has 0 fully saturated rings. The minimum atomic E-state index is -0.455. The van der Waals surface area contributed by atoms with Crippen molar-refractivity contribution < 1.29 is 11.0 Å². The van der Waals surface area contributed by atoms with Crippen LogP contribution >= 0.6 is 0 Å². The van der Waals surface area contributed by atoms with E-state index in [9.17, 15) is 11.0 Å². The van der Waals surface area contributed by atoms with E-state index in [1.54, 1.807) is 18.2 Å². The fourth-order valence-corrected chi connectivity index (χ4v) is 8.47. The molecule has 286 valence electrons. The average Bonchev–Trinajstić information content (AvgIpc) is 3.39. The lowest BCUT2D eigenvalue weighted by molar-refractivity contribution is 1.28. The van der Waals surface area contributed by atoms with Gasteiger partial charge in [-0.15, -0.1) is 0 Å². The molecule has 0 amide bonds. The van der Waals surface area contributed by atoms with Crippen molar-refractivity contribution >= 4 is 49.4 Å². The Labute approximate surface area is 368 Å². The van der Waals surface area contributed by atoms with Crippen LogP contribution in [0.25, 0.3) is 88.0 Å². The Morgan fingerprint density at radius 1 is 0.279 bits per heavy atom. The molecule has 61 heavy (non-hydrogen) atoms. The molecule has 1 heteroatoms. The first-order chi connectivity index (χ1) is 33.6. The summed E-state index contributed by atoms with van der Waals surface area (Å²) in [4.78, 5) is 1.41. The third-order valence-corrected chi connectivity index (χ3v) is 11.4. The number of benzene rings is 11. The van der Waals surface area contributed by atoms with E-state index in [1.165, 1.54) is 4.90 Å². The Balaban J connectivity index is 1.12. The Morgan fingerprint density at radius 3 is 1.48 bits per heavy atom. The van der Waals surface area contributed by atoms with Crippen LogP contribution < -0.4 is 4.90 Å². The zero-order valence-corrected chi connectivity index (χ0v) is 33.0. The number of fused-ring (bicyclic) bond motifs is 3. The first-order valence-electron chi connectivity index (χ1n) is 24.4. The van der Waals surface area contributed by atoms with Crippen LogP contribution in [-0.2, 0) is 0 Å². The highest BCUT2D eigenvalue weighted by Gasteiger charge is 2.17. The molecule has 0 saturated heterocycles. The molecule has 0 spiro atoms. The summed E-state index contributed by atoms with van der Waals surface area (Å²) in [6.45, 7) is 0. The van der Waals surface area contributed by atoms with E-state index in [0.717, 1.165) is 65.7 Å². The van der Waals surface area contributed by atoms with Crippen LogP contribution in [0, 0.1) is 0 Å². The SMILES string of the molecule is [2H]c1c([2H])c(-c2cccc3ccccc23)c([2H])c(N(c2ccc(-c3ccc4ccccc4c3-c3ccccc3)cc2)c2c([2H])c([2H])c(-c3ccc(-c4cccc5ccccc45)cc3)c([2H])c2[2H])c1[2H]. The summed E-state index contributed by atoms with van der Waals surface area (Å²) in [5.41, 5.74) is 7.14. The van der Waals surface area contributed by atoms with Gasteiger partial charge in [0.1, 0.15) is 0 Å². The van der Waals surface area contributed by atoms with E-state index in [4.69, 9.17) is 0 Å². The van der Waals surface area contributed by atoms with Gasteiger partial charge < -0.3 is 4.90 Å². The zero-order chi connectivity index (χ0) is 47.5. The molecule has 0 heterocycles. The van der Waals surface area contributed by atoms with Gasteiger partial charge in [-0.25, -0.2) is 0 Å². The van der Waals surface area contributed by atoms with Crippen LogP contribution in [0.1, 0.15) is 11.0 Å². The van der Waals surface area contributed by atoms with E-state index >= 15 is 0 Å². The van der Waals surface area contributed by atoms with Crippen molar-refractivity contribution in [1.29, 1.82) is 0 Å². The van der Waals surface area contributed by atoms with Crippen LogP contribution in [0.3, 0.4) is 0 Å². The number of hydrogen-bond donors (Lipinski definition) is 0. The van der Waals surface area contributed by atoms with Crippen LogP contribution in [0.5, 0.6) is 0 Å². The maximum absolute atomic E-state index is 9.93. The molecule has 11 aromatic carbocycles. The van der Waals surface area contributed by atoms with Gasteiger partial charge in [-0.3, -0.25) is 0 Å². The molecule has 1 nitrogen and oxygen atoms in total. The fraction of sp³-hybridized carbons (Fsp3) is 0. The number of rotatable bonds is 8. The smallest absolute Gasteiger partial charge is 0.0651 e. The first kappa shape index (κ1) is 28.4. The highest BCUT2D eigenvalue weighted by Crippen LogP contribution is 2.42. The normalized spacial score (nSPS) is 13.1. The molecule has 0 aliphatic carbocycles. The minimum absolute atomic E-state index is 0.106. The predicted octanol–water partition coefficient (Wildman–Crippen LogP) is 17.0. The van der Waals surface area contributed by atoms with Gasteiger partial charge >= 0.3 is 0 Å². The van der Waals surface area contributed by atoms with Crippen LogP contribution in [0.2, 0.25) is 0 Å². The average molecular weight is 784 g/mol. The number of hydrogen-bond acceptors (Lipinski definition) is 1. The van der Waals surface area contributed by atoms with Crippen molar-refractivity contribution in [2.45, 2.75) is 0 Å². The second kappa shape index (κ2) is 15.6. The molecule has 0 bridgehead atoms. The summed E-state index contributed by atoms with van der Waals surface area (Å²) < 4.78 is 76.4. The molecular formula is C60H41N. The molecule has 11 rings (SSSR count). The van der Waals surface area contributed by atoms with Crippen molar-refractivity contribution in [1.82, 2.24) is 0 Å². The van der Waals surface area contributed by atoms with Crippen molar-refractivity contribution in [3.8, 4) is 55.6 Å². The summed E-state index contributed by atoms with van der Waals surface area (Å²) in [6.07, 6.45) is 0. The molecule has 0 aromatic heterocycles. The maximum atomic E-state index is 9.93. The molecule has 0 saturated carbocycles. The van der Waals surface area contributed by atoms with E-state index in [1.807, 2.05) is 121 Å². The van der Waals surface area contributed by atoms with E-state index in [0.29, 0.717) is 16.8 Å². The van der Waals surface area contributed by atoms with Gasteiger partial charge in [0.25, 0.3) is 0 Å². The lowest BCUT2D eigenvalue weighted by atomic mass is 9.90. The summed E-state index contributed by atoms with van der Waals surface area (Å²) in [5.74, 6) is 0. The van der Waals surface area contributed by atoms with E-state index in [2.05, 4.69) is 60.7 Å². The monoisotopic (exact) mass is 783 g/mol. The standard InChI is InChI=1S/C60H41N/c1-2-16-49(17-3-1)60-58-24-9-6-15-46(58)35-40-59(60)48-33-38-52(39-34-48)61(53-21-10-20-50(41-53)57-26-12-19-45-14-5-8-23-55(45)57)51-36-31-43(32-37-51)42-27-29-47(30-28-42)56-25-11-18-44-13-4-7-22-54(44)56/h1-41H/i10D,20D,21D,31D,32D,36D,37D,41D. The fourth-order valence-electron chi connectivity index (χ4n) is 8.47. The maximum Gasteiger partial charge on any atom is 0.0651 e. The summed E-state index contributed by atoms with van der Waals surface area (Å²) >= 11 is 0. The van der Waals surface area contributed by atoms with Crippen molar-refractivity contribution in [2.24, 2.45) is 0 Å². The second-order valence-corrected chi connectivity index (χ2v) is 15.0. The number of nitrogens with zero attached hydrogens (tertiary/aromatic N) is 1. The topological polar surface area (TPSA) is 3.24 Å². The molecule has 0 aliphatic heterocycles. The zero-order valence-electron chi connectivity index (χ0n) is 41.0. The molecule has 11 aromatic rings. The first-order valence-corrected chi connectivity index (χ1v) is 20.4. The summed E-state index contributed by atoms with van der Waals surface area (Å²) in [5, 5.41) is 5.98.